The van der Waals surface area contributed by atoms with Crippen LogP contribution in [0.15, 0.2) is 4.99 Å². The Bertz CT molecular complexity index is 227. The maximum atomic E-state index is 10.6. The highest BCUT2D eigenvalue weighted by molar-refractivity contribution is 6.30. The van der Waals surface area contributed by atoms with E-state index in [1.54, 1.807) is 7.05 Å². The van der Waals surface area contributed by atoms with E-state index >= 15 is 0 Å². The molecule has 1 heterocycles. The average molecular weight is 172 g/mol. The summed E-state index contributed by atoms with van der Waals surface area (Å²) in [5.74, 6) is -1.19. The molecule has 0 spiro atoms. The molecular formula is C7H12N2O3. The molecule has 0 saturated heterocycles. The number of carboxylic acid groups (broad SMARTS) is 1. The summed E-state index contributed by atoms with van der Waals surface area (Å²) in [6.45, 7) is 1.47. The molecule has 0 bridgehead atoms. The number of aliphatic hydroxyl groups excluding tert-OH is 1. The first kappa shape index (κ1) is 9.15. The summed E-state index contributed by atoms with van der Waals surface area (Å²) in [5.41, 5.74) is 0. The van der Waals surface area contributed by atoms with E-state index in [0.29, 0.717) is 19.6 Å². The SMILES string of the molecule is C[N+]1(CCO)CCN=C1C(=O)[O-]. The minimum absolute atomic E-state index is 0.0389. The van der Waals surface area contributed by atoms with Crippen LogP contribution in [0.5, 0.6) is 0 Å². The van der Waals surface area contributed by atoms with Gasteiger partial charge in [0.15, 0.2) is 0 Å². The van der Waals surface area contributed by atoms with E-state index < -0.39 is 5.97 Å². The van der Waals surface area contributed by atoms with Crippen LogP contribution in [0.2, 0.25) is 0 Å². The molecule has 1 aliphatic rings. The summed E-state index contributed by atoms with van der Waals surface area (Å²) in [6, 6.07) is 0. The fraction of sp³-hybridized carbons (Fsp3) is 0.714. The van der Waals surface area contributed by atoms with Crippen LogP contribution in [0.4, 0.5) is 0 Å². The third kappa shape index (κ3) is 1.46. The van der Waals surface area contributed by atoms with Gasteiger partial charge in [0.1, 0.15) is 19.1 Å². The van der Waals surface area contributed by atoms with Crippen molar-refractivity contribution < 1.29 is 19.5 Å². The van der Waals surface area contributed by atoms with Crippen LogP contribution in [0.3, 0.4) is 0 Å². The van der Waals surface area contributed by atoms with Gasteiger partial charge in [-0.15, -0.1) is 0 Å². The molecule has 0 saturated carbocycles. The second-order valence-electron chi connectivity index (χ2n) is 3.06. The molecule has 0 radical (unpaired) electrons. The van der Waals surface area contributed by atoms with E-state index in [9.17, 15) is 9.90 Å². The fourth-order valence-corrected chi connectivity index (χ4v) is 1.38. The number of amidine groups is 1. The molecule has 0 amide bonds. The molecule has 5 heteroatoms. The van der Waals surface area contributed by atoms with Crippen molar-refractivity contribution in [1.29, 1.82) is 0 Å². The van der Waals surface area contributed by atoms with Crippen molar-refractivity contribution in [3.63, 3.8) is 0 Å². The summed E-state index contributed by atoms with van der Waals surface area (Å²) in [6.07, 6.45) is 0. The number of likely N-dealkylation sites (N-methyl/N-ethyl adjacent to an activating group) is 1. The molecule has 0 fully saturated rings. The highest BCUT2D eigenvalue weighted by Gasteiger charge is 2.33. The van der Waals surface area contributed by atoms with Gasteiger partial charge in [-0.3, -0.25) is 4.48 Å². The molecule has 0 aromatic rings. The van der Waals surface area contributed by atoms with Crippen molar-refractivity contribution in [1.82, 2.24) is 0 Å². The number of quaternary nitrogens is 1. The van der Waals surface area contributed by atoms with Gasteiger partial charge in [-0.1, -0.05) is 0 Å². The van der Waals surface area contributed by atoms with Crippen molar-refractivity contribution in [2.24, 2.45) is 4.99 Å². The maximum Gasteiger partial charge on any atom is 0.246 e. The van der Waals surface area contributed by atoms with E-state index in [4.69, 9.17) is 5.11 Å². The Balaban J connectivity index is 2.78. The molecule has 1 N–H and O–H groups in total. The van der Waals surface area contributed by atoms with Crippen LogP contribution in [0.25, 0.3) is 0 Å². The Labute approximate surface area is 70.5 Å². The number of aliphatic carboxylic acids is 1. The van der Waals surface area contributed by atoms with Crippen molar-refractivity contribution in [2.45, 2.75) is 0 Å². The lowest BCUT2D eigenvalue weighted by molar-refractivity contribution is -0.813. The van der Waals surface area contributed by atoms with Gasteiger partial charge in [-0.05, 0) is 0 Å². The lowest BCUT2D eigenvalue weighted by atomic mass is 10.4. The summed E-state index contributed by atoms with van der Waals surface area (Å²) < 4.78 is 0.179. The van der Waals surface area contributed by atoms with Crippen LogP contribution in [-0.2, 0) is 4.79 Å². The number of aliphatic imine (C=N–C) groups is 1. The van der Waals surface area contributed by atoms with E-state index in [0.717, 1.165) is 0 Å². The quantitative estimate of drug-likeness (QED) is 0.482. The Kier molecular flexibility index (Phi) is 2.44. The number of carboxylic acids is 1. The number of carbonyl (C=O) groups excluding carboxylic acids is 1. The van der Waals surface area contributed by atoms with Gasteiger partial charge >= 0.3 is 0 Å². The van der Waals surface area contributed by atoms with E-state index in [1.807, 2.05) is 0 Å². The summed E-state index contributed by atoms with van der Waals surface area (Å²) in [7, 11) is 1.73. The van der Waals surface area contributed by atoms with Crippen LogP contribution in [0.1, 0.15) is 0 Å². The molecule has 1 atom stereocenters. The monoisotopic (exact) mass is 172 g/mol. The largest absolute Gasteiger partial charge is 0.539 e. The van der Waals surface area contributed by atoms with Crippen LogP contribution >= 0.6 is 0 Å². The molecule has 0 aromatic carbocycles. The first-order chi connectivity index (χ1) is 5.60. The molecule has 1 aliphatic heterocycles. The zero-order chi connectivity index (χ0) is 9.19. The van der Waals surface area contributed by atoms with Gasteiger partial charge in [0.2, 0.25) is 5.84 Å². The smallest absolute Gasteiger partial charge is 0.246 e. The second kappa shape index (κ2) is 3.20. The predicted octanol–water partition coefficient (Wildman–Crippen LogP) is -2.41. The average Bonchev–Trinajstić information content (AvgIpc) is 2.32. The number of hydrogen-bond acceptors (Lipinski definition) is 4. The van der Waals surface area contributed by atoms with Crippen LogP contribution in [0, 0.1) is 0 Å². The highest BCUT2D eigenvalue weighted by atomic mass is 16.4. The lowest BCUT2D eigenvalue weighted by Crippen LogP contribution is -2.55. The molecule has 68 valence electrons. The normalized spacial score (nSPS) is 28.7. The number of hydrogen-bond donors (Lipinski definition) is 1. The Morgan fingerprint density at radius 2 is 2.50 bits per heavy atom. The zero-order valence-electron chi connectivity index (χ0n) is 6.99. The molecule has 12 heavy (non-hydrogen) atoms. The molecule has 0 aliphatic carbocycles. The summed E-state index contributed by atoms with van der Waals surface area (Å²) >= 11 is 0. The van der Waals surface area contributed by atoms with Crippen LogP contribution < -0.4 is 5.11 Å². The van der Waals surface area contributed by atoms with Crippen molar-refractivity contribution in [3.8, 4) is 0 Å². The third-order valence-electron chi connectivity index (χ3n) is 2.14. The molecule has 0 aromatic heterocycles. The highest BCUT2D eigenvalue weighted by Crippen LogP contribution is 2.10. The van der Waals surface area contributed by atoms with Gasteiger partial charge < -0.3 is 15.0 Å². The van der Waals surface area contributed by atoms with Gasteiger partial charge in [0.25, 0.3) is 0 Å². The maximum absolute atomic E-state index is 10.6. The Hall–Kier alpha value is -0.940. The molecular weight excluding hydrogens is 160 g/mol. The summed E-state index contributed by atoms with van der Waals surface area (Å²) in [4.78, 5) is 14.4. The number of rotatable bonds is 3. The molecule has 1 unspecified atom stereocenters. The minimum Gasteiger partial charge on any atom is -0.539 e. The van der Waals surface area contributed by atoms with E-state index in [2.05, 4.69) is 4.99 Å². The van der Waals surface area contributed by atoms with Crippen molar-refractivity contribution in [3.05, 3.63) is 0 Å². The number of aliphatic hydroxyl groups is 1. The Morgan fingerprint density at radius 1 is 1.83 bits per heavy atom. The topological polar surface area (TPSA) is 72.7 Å². The molecule has 5 nitrogen and oxygen atoms in total. The standard InChI is InChI=1S/C7H12N2O3/c1-9(4-5-10)3-2-8-6(9)7(11)12/h10H,2-5H2,1H3. The number of nitrogens with zero attached hydrogens (tertiary/aromatic N) is 2. The van der Waals surface area contributed by atoms with Gasteiger partial charge in [-0.25, -0.2) is 4.99 Å². The molecule has 1 rings (SSSR count). The second-order valence-corrected chi connectivity index (χ2v) is 3.06. The number of carbonyl (C=O) groups is 1. The van der Waals surface area contributed by atoms with Gasteiger partial charge in [0.05, 0.1) is 20.2 Å². The minimum atomic E-state index is -1.23. The van der Waals surface area contributed by atoms with Crippen LogP contribution in [-0.4, -0.2) is 54.7 Å². The zero-order valence-corrected chi connectivity index (χ0v) is 6.99. The lowest BCUT2D eigenvalue weighted by Gasteiger charge is -2.29. The van der Waals surface area contributed by atoms with Gasteiger partial charge in [0, 0.05) is 0 Å². The third-order valence-corrected chi connectivity index (χ3v) is 2.14. The van der Waals surface area contributed by atoms with E-state index in [-0.39, 0.29) is 16.9 Å². The first-order valence-electron chi connectivity index (χ1n) is 3.82. The first-order valence-corrected chi connectivity index (χ1v) is 3.82. The van der Waals surface area contributed by atoms with Crippen molar-refractivity contribution in [2.75, 3.05) is 33.3 Å². The Morgan fingerprint density at radius 3 is 3.00 bits per heavy atom. The fourth-order valence-electron chi connectivity index (χ4n) is 1.38. The van der Waals surface area contributed by atoms with Crippen molar-refractivity contribution >= 4 is 11.8 Å². The van der Waals surface area contributed by atoms with Gasteiger partial charge in [-0.2, -0.15) is 0 Å². The predicted molar refractivity (Wildman–Crippen MR) is 40.3 cm³/mol. The van der Waals surface area contributed by atoms with E-state index in [1.165, 1.54) is 0 Å². The summed E-state index contributed by atoms with van der Waals surface area (Å²) in [5, 5.41) is 19.3.